The van der Waals surface area contributed by atoms with Crippen LogP contribution in [0, 0.1) is 35.5 Å². The predicted octanol–water partition coefficient (Wildman–Crippen LogP) is 9.59. The lowest BCUT2D eigenvalue weighted by molar-refractivity contribution is -0.146. The van der Waals surface area contributed by atoms with E-state index >= 15 is 0 Å². The van der Waals surface area contributed by atoms with Crippen molar-refractivity contribution in [3.63, 3.8) is 0 Å². The van der Waals surface area contributed by atoms with Crippen LogP contribution in [0.25, 0.3) is 18.2 Å². The number of carboxylic acid groups (broad SMARTS) is 1. The van der Waals surface area contributed by atoms with Crippen molar-refractivity contribution in [3.8, 4) is 5.75 Å². The molecule has 8 rings (SSSR count). The van der Waals surface area contributed by atoms with Gasteiger partial charge in [0.25, 0.3) is 0 Å². The second-order valence-electron chi connectivity index (χ2n) is 17.3. The summed E-state index contributed by atoms with van der Waals surface area (Å²) >= 11 is 0. The monoisotopic (exact) mass is 721 g/mol. The lowest BCUT2D eigenvalue weighted by Gasteiger charge is -2.54. The number of nitrogens with two attached hydrogens (primary N) is 1. The Labute approximate surface area is 322 Å². The first-order chi connectivity index (χ1) is 26.4. The molecule has 0 aromatic heterocycles. The molecule has 0 radical (unpaired) electrons. The number of carboxylic acids is 1. The molecule has 282 valence electrons. The molecule has 2 bridgehead atoms. The van der Waals surface area contributed by atoms with E-state index in [1.54, 1.807) is 5.57 Å². The molecule has 1 fully saturated rings. The van der Waals surface area contributed by atoms with Crippen LogP contribution in [0.2, 0.25) is 0 Å². The first-order valence-electron chi connectivity index (χ1n) is 21.1. The second-order valence-corrected chi connectivity index (χ2v) is 17.3. The Bertz CT molecular complexity index is 2020. The number of phenols is 1. The minimum absolute atomic E-state index is 0.159. The van der Waals surface area contributed by atoms with Crippen LogP contribution in [0.5, 0.6) is 5.75 Å². The SMILES string of the molecule is NCCC1=C[C@H](CCCCCC[C@@H]2CC=CC[C@@H](C(=O)O)[C@@]34C[C@H]5C=c6ccccc6=C[C@@H]5C[C@@H]3C=Cc3ccc(cc34)C[C@H]2c2ccc(O)cc2)CC1. The fraction of sp³-hybridized carbons (Fsp3) is 0.460. The third-order valence-electron chi connectivity index (χ3n) is 14.1. The van der Waals surface area contributed by atoms with Crippen LogP contribution in [0.3, 0.4) is 0 Å². The van der Waals surface area contributed by atoms with Gasteiger partial charge in [-0.2, -0.15) is 0 Å². The molecule has 0 aliphatic heterocycles. The van der Waals surface area contributed by atoms with E-state index in [1.165, 1.54) is 77.6 Å². The number of hydrogen-bond acceptors (Lipinski definition) is 3. The van der Waals surface area contributed by atoms with Crippen LogP contribution in [0.4, 0.5) is 0 Å². The number of benzene rings is 3. The van der Waals surface area contributed by atoms with Crippen molar-refractivity contribution in [1.29, 1.82) is 0 Å². The average molecular weight is 722 g/mol. The highest BCUT2D eigenvalue weighted by Gasteiger charge is 2.55. The van der Waals surface area contributed by atoms with Gasteiger partial charge in [0.2, 0.25) is 0 Å². The first-order valence-corrected chi connectivity index (χ1v) is 21.1. The summed E-state index contributed by atoms with van der Waals surface area (Å²) in [6.45, 7) is 0.764. The van der Waals surface area contributed by atoms with Gasteiger partial charge in [-0.15, -0.1) is 0 Å². The van der Waals surface area contributed by atoms with Gasteiger partial charge >= 0.3 is 5.97 Å². The first kappa shape index (κ1) is 36.8. The highest BCUT2D eigenvalue weighted by Crippen LogP contribution is 2.58. The highest BCUT2D eigenvalue weighted by molar-refractivity contribution is 5.76. The fourth-order valence-electron chi connectivity index (χ4n) is 11.4. The maximum atomic E-state index is 13.6. The van der Waals surface area contributed by atoms with Crippen molar-refractivity contribution >= 4 is 24.2 Å². The molecule has 4 nitrogen and oxygen atoms in total. The summed E-state index contributed by atoms with van der Waals surface area (Å²) < 4.78 is 0. The third-order valence-corrected chi connectivity index (χ3v) is 14.1. The Morgan fingerprint density at radius 3 is 2.39 bits per heavy atom. The third kappa shape index (κ3) is 7.56. The summed E-state index contributed by atoms with van der Waals surface area (Å²) in [5, 5.41) is 24.0. The number of phenolic OH excluding ortho intramolecular Hbond substituents is 1. The van der Waals surface area contributed by atoms with E-state index < -0.39 is 17.3 Å². The zero-order valence-electron chi connectivity index (χ0n) is 31.9. The molecule has 0 heterocycles. The Balaban J connectivity index is 1.08. The number of fused-ring (bicyclic) bond motifs is 3. The maximum absolute atomic E-state index is 13.6. The van der Waals surface area contributed by atoms with E-state index in [0.29, 0.717) is 35.8 Å². The Kier molecular flexibility index (Phi) is 11.1. The molecule has 54 heavy (non-hydrogen) atoms. The van der Waals surface area contributed by atoms with E-state index in [-0.39, 0.29) is 5.92 Å². The van der Waals surface area contributed by atoms with Crippen molar-refractivity contribution in [2.75, 3.05) is 6.54 Å². The van der Waals surface area contributed by atoms with Crippen LogP contribution >= 0.6 is 0 Å². The summed E-state index contributed by atoms with van der Waals surface area (Å²) in [5.74, 6) is 1.46. The Morgan fingerprint density at radius 2 is 1.61 bits per heavy atom. The number of aromatic hydroxyl groups is 1. The molecule has 3 aromatic carbocycles. The lowest BCUT2D eigenvalue weighted by atomic mass is 9.49. The van der Waals surface area contributed by atoms with Gasteiger partial charge in [0.05, 0.1) is 5.92 Å². The normalized spacial score (nSPS) is 29.6. The standard InChI is InChI=1S/C50H59NO3/c51-26-25-35-16-15-34(27-35)9-3-1-2-4-10-37-11-7-8-14-47(49(53)54)50-33-43-31-41-13-6-5-12-40(41)30-42(43)32-44(50)22-19-39-18-17-36(29-48(39)50)28-46(37)38-20-23-45(52)24-21-38/h5-8,12-13,17-24,27,29-31,34,37,42-44,46-47,52H,1-4,9-11,14-16,25-26,28,32-33,51H2,(H,53,54)/t34-,37-,42-,43-,44+,46-,47+,50-/m1/s1. The van der Waals surface area contributed by atoms with Crippen LogP contribution in [-0.4, -0.2) is 22.7 Å². The predicted molar refractivity (Wildman–Crippen MR) is 221 cm³/mol. The number of hydrogen-bond donors (Lipinski definition) is 3. The smallest absolute Gasteiger partial charge is 0.307 e. The molecule has 0 unspecified atom stereocenters. The van der Waals surface area contributed by atoms with E-state index in [0.717, 1.165) is 51.0 Å². The van der Waals surface area contributed by atoms with Crippen molar-refractivity contribution in [1.82, 2.24) is 0 Å². The minimum Gasteiger partial charge on any atom is -0.508 e. The molecule has 4 heteroatoms. The van der Waals surface area contributed by atoms with Gasteiger partial charge in [-0.05, 0) is 151 Å². The topological polar surface area (TPSA) is 83.6 Å². The summed E-state index contributed by atoms with van der Waals surface area (Å²) in [6, 6.07) is 23.6. The second kappa shape index (κ2) is 16.3. The van der Waals surface area contributed by atoms with E-state index in [9.17, 15) is 15.0 Å². The number of rotatable bonds is 11. The van der Waals surface area contributed by atoms with Crippen molar-refractivity contribution in [3.05, 3.63) is 129 Å². The summed E-state index contributed by atoms with van der Waals surface area (Å²) in [7, 11) is 0. The number of unbranched alkanes of at least 4 members (excludes halogenated alkanes) is 3. The average Bonchev–Trinajstić information content (AvgIpc) is 3.63. The van der Waals surface area contributed by atoms with Crippen LogP contribution in [0.15, 0.2) is 96.6 Å². The maximum Gasteiger partial charge on any atom is 0.307 e. The van der Waals surface area contributed by atoms with E-state index in [1.807, 2.05) is 12.1 Å². The van der Waals surface area contributed by atoms with Crippen LogP contribution < -0.4 is 16.2 Å². The highest BCUT2D eigenvalue weighted by atomic mass is 16.4. The van der Waals surface area contributed by atoms with Gasteiger partial charge in [0.1, 0.15) is 5.75 Å². The van der Waals surface area contributed by atoms with Crippen molar-refractivity contribution in [2.24, 2.45) is 41.2 Å². The van der Waals surface area contributed by atoms with Gasteiger partial charge in [-0.25, -0.2) is 0 Å². The molecule has 3 aromatic rings. The fourth-order valence-corrected chi connectivity index (χ4v) is 11.4. The summed E-state index contributed by atoms with van der Waals surface area (Å²) in [6.07, 6.45) is 31.8. The molecule has 5 aliphatic carbocycles. The molecule has 8 atom stereocenters. The minimum atomic E-state index is -0.672. The molecule has 4 N–H and O–H groups in total. The van der Waals surface area contributed by atoms with Crippen LogP contribution in [0.1, 0.15) is 112 Å². The van der Waals surface area contributed by atoms with E-state index in [2.05, 4.69) is 97.1 Å². The number of allylic oxidation sites excluding steroid dienone is 4. The molecule has 5 aliphatic rings. The molecule has 0 amide bonds. The molecular weight excluding hydrogens is 663 g/mol. The van der Waals surface area contributed by atoms with E-state index in [4.69, 9.17) is 5.73 Å². The van der Waals surface area contributed by atoms with Crippen molar-refractivity contribution in [2.45, 2.75) is 101 Å². The number of carbonyl (C=O) groups is 1. The van der Waals surface area contributed by atoms with Crippen LogP contribution in [-0.2, 0) is 16.6 Å². The molecular formula is C50H59NO3. The quantitative estimate of drug-likeness (QED) is 0.136. The zero-order chi connectivity index (χ0) is 37.1. The van der Waals surface area contributed by atoms with Gasteiger partial charge in [-0.1, -0.05) is 128 Å². The number of aliphatic carboxylic acids is 1. The molecule has 0 saturated heterocycles. The van der Waals surface area contributed by atoms with Gasteiger partial charge < -0.3 is 15.9 Å². The lowest BCUT2D eigenvalue weighted by Crippen LogP contribution is -2.53. The zero-order valence-corrected chi connectivity index (χ0v) is 31.9. The summed E-state index contributed by atoms with van der Waals surface area (Å²) in [4.78, 5) is 13.6. The van der Waals surface area contributed by atoms with Gasteiger partial charge in [0.15, 0.2) is 0 Å². The Hall–Kier alpha value is -4.15. The molecule has 1 spiro atoms. The van der Waals surface area contributed by atoms with Gasteiger partial charge in [0, 0.05) is 5.41 Å². The van der Waals surface area contributed by atoms with Crippen molar-refractivity contribution < 1.29 is 15.0 Å². The largest absolute Gasteiger partial charge is 0.508 e. The Morgan fingerprint density at radius 1 is 0.852 bits per heavy atom. The van der Waals surface area contributed by atoms with Gasteiger partial charge in [-0.3, -0.25) is 4.79 Å². The molecule has 1 saturated carbocycles. The summed E-state index contributed by atoms with van der Waals surface area (Å²) in [5.41, 5.74) is 11.9.